The maximum atomic E-state index is 13.1. The molecule has 1 atom stereocenters. The molecule has 1 N–H and O–H groups in total. The largest absolute Gasteiger partial charge is 0.339 e. The van der Waals surface area contributed by atoms with Crippen LogP contribution in [0.5, 0.6) is 0 Å². The molecule has 0 aliphatic heterocycles. The lowest BCUT2D eigenvalue weighted by Crippen LogP contribution is -2.30. The molecule has 0 radical (unpaired) electrons. The number of aromatic nitrogens is 2. The van der Waals surface area contributed by atoms with Crippen LogP contribution < -0.4 is 5.32 Å². The first-order valence-corrected chi connectivity index (χ1v) is 6.96. The highest BCUT2D eigenvalue weighted by Crippen LogP contribution is 2.21. The molecule has 0 spiro atoms. The van der Waals surface area contributed by atoms with E-state index in [2.05, 4.69) is 29.3 Å². The predicted octanol–water partition coefficient (Wildman–Crippen LogP) is 3.11. The van der Waals surface area contributed by atoms with E-state index in [-0.39, 0.29) is 5.82 Å². The molecule has 5 heteroatoms. The van der Waals surface area contributed by atoms with Crippen LogP contribution in [-0.4, -0.2) is 22.7 Å². The van der Waals surface area contributed by atoms with Gasteiger partial charge in [-0.15, -0.1) is 0 Å². The van der Waals surface area contributed by atoms with Crippen molar-refractivity contribution >= 4 is 0 Å². The normalized spacial score (nSPS) is 12.6. The number of hydrogen-bond donors (Lipinski definition) is 1. The van der Waals surface area contributed by atoms with E-state index in [1.807, 2.05) is 6.92 Å². The maximum Gasteiger partial charge on any atom is 0.228 e. The summed E-state index contributed by atoms with van der Waals surface area (Å²) in [5, 5.41) is 7.36. The fourth-order valence-corrected chi connectivity index (χ4v) is 2.19. The molecule has 1 heterocycles. The lowest BCUT2D eigenvalue weighted by atomic mass is 10.1. The number of likely N-dealkylation sites (N-methyl/N-ethyl adjacent to an activating group) is 1. The van der Waals surface area contributed by atoms with Crippen molar-refractivity contribution in [2.75, 3.05) is 6.54 Å². The van der Waals surface area contributed by atoms with Crippen molar-refractivity contribution in [3.63, 3.8) is 0 Å². The van der Waals surface area contributed by atoms with Gasteiger partial charge in [-0.05, 0) is 43.7 Å². The molecular formula is C15H20FN3O. The number of hydrogen-bond acceptors (Lipinski definition) is 4. The Morgan fingerprint density at radius 1 is 1.35 bits per heavy atom. The van der Waals surface area contributed by atoms with Crippen LogP contribution in [0.15, 0.2) is 22.7 Å². The third kappa shape index (κ3) is 3.42. The molecule has 0 aliphatic carbocycles. The van der Waals surface area contributed by atoms with Gasteiger partial charge < -0.3 is 9.84 Å². The number of aryl methyl sites for hydroxylation is 1. The van der Waals surface area contributed by atoms with Gasteiger partial charge in [0.05, 0.1) is 0 Å². The molecule has 0 fully saturated rings. The second kappa shape index (κ2) is 6.61. The Labute approximate surface area is 118 Å². The van der Waals surface area contributed by atoms with Gasteiger partial charge in [0.2, 0.25) is 11.7 Å². The number of nitrogens with zero attached hydrogens (tertiary/aromatic N) is 2. The van der Waals surface area contributed by atoms with Crippen LogP contribution in [0.25, 0.3) is 11.4 Å². The zero-order valence-corrected chi connectivity index (χ0v) is 12.1. The van der Waals surface area contributed by atoms with Crippen molar-refractivity contribution in [1.82, 2.24) is 15.5 Å². The summed E-state index contributed by atoms with van der Waals surface area (Å²) in [6.07, 6.45) is 1.71. The zero-order chi connectivity index (χ0) is 14.5. The van der Waals surface area contributed by atoms with Crippen molar-refractivity contribution in [2.45, 2.75) is 39.7 Å². The maximum absolute atomic E-state index is 13.1. The average molecular weight is 277 g/mol. The molecule has 0 bridgehead atoms. The van der Waals surface area contributed by atoms with Gasteiger partial charge in [-0.25, -0.2) is 4.39 Å². The molecule has 0 aliphatic rings. The molecule has 1 unspecified atom stereocenters. The Bertz CT molecular complexity index is 568. The molecule has 0 saturated carbocycles. The van der Waals surface area contributed by atoms with Crippen LogP contribution in [0.1, 0.15) is 31.7 Å². The van der Waals surface area contributed by atoms with Gasteiger partial charge in [0.25, 0.3) is 0 Å². The number of rotatable bonds is 6. The SMILES string of the molecule is CCNC(CC)Cc1nc(-c2ccc(F)cc2C)no1. The molecule has 0 amide bonds. The van der Waals surface area contributed by atoms with Crippen molar-refractivity contribution in [3.8, 4) is 11.4 Å². The molecule has 2 rings (SSSR count). The minimum atomic E-state index is -0.256. The number of benzene rings is 1. The van der Waals surface area contributed by atoms with Gasteiger partial charge in [0, 0.05) is 18.0 Å². The first-order valence-electron chi connectivity index (χ1n) is 6.96. The third-order valence-electron chi connectivity index (χ3n) is 3.30. The van der Waals surface area contributed by atoms with Crippen LogP contribution in [0.4, 0.5) is 4.39 Å². The molecule has 4 nitrogen and oxygen atoms in total. The summed E-state index contributed by atoms with van der Waals surface area (Å²) in [6, 6.07) is 4.90. The summed E-state index contributed by atoms with van der Waals surface area (Å²) in [6.45, 7) is 6.94. The Balaban J connectivity index is 2.16. The van der Waals surface area contributed by atoms with Gasteiger partial charge >= 0.3 is 0 Å². The second-order valence-electron chi connectivity index (χ2n) is 4.84. The van der Waals surface area contributed by atoms with E-state index >= 15 is 0 Å². The van der Waals surface area contributed by atoms with Crippen molar-refractivity contribution < 1.29 is 8.91 Å². The Kier molecular flexibility index (Phi) is 4.84. The topological polar surface area (TPSA) is 51.0 Å². The van der Waals surface area contributed by atoms with Gasteiger partial charge in [-0.3, -0.25) is 0 Å². The molecule has 0 saturated heterocycles. The molecule has 1 aromatic carbocycles. The zero-order valence-electron chi connectivity index (χ0n) is 12.1. The Morgan fingerprint density at radius 3 is 2.80 bits per heavy atom. The lowest BCUT2D eigenvalue weighted by Gasteiger charge is -2.12. The molecule has 2 aromatic rings. The summed E-state index contributed by atoms with van der Waals surface area (Å²) >= 11 is 0. The van der Waals surface area contributed by atoms with Gasteiger partial charge in [-0.2, -0.15) is 4.98 Å². The predicted molar refractivity (Wildman–Crippen MR) is 75.9 cm³/mol. The first-order chi connectivity index (χ1) is 9.63. The fourth-order valence-electron chi connectivity index (χ4n) is 2.19. The summed E-state index contributed by atoms with van der Waals surface area (Å²) in [5.41, 5.74) is 1.61. The first kappa shape index (κ1) is 14.7. The summed E-state index contributed by atoms with van der Waals surface area (Å²) in [5.74, 6) is 0.869. The van der Waals surface area contributed by atoms with E-state index in [1.54, 1.807) is 6.07 Å². The van der Waals surface area contributed by atoms with E-state index in [9.17, 15) is 4.39 Å². The number of halogens is 1. The summed E-state index contributed by atoms with van der Waals surface area (Å²) in [7, 11) is 0. The highest BCUT2D eigenvalue weighted by atomic mass is 19.1. The molecule has 1 aromatic heterocycles. The minimum absolute atomic E-state index is 0.256. The van der Waals surface area contributed by atoms with Crippen LogP contribution in [0.2, 0.25) is 0 Å². The molecular weight excluding hydrogens is 257 g/mol. The van der Waals surface area contributed by atoms with Crippen LogP contribution in [0, 0.1) is 12.7 Å². The van der Waals surface area contributed by atoms with Crippen molar-refractivity contribution in [3.05, 3.63) is 35.5 Å². The van der Waals surface area contributed by atoms with Crippen LogP contribution >= 0.6 is 0 Å². The standard InChI is InChI=1S/C15H20FN3O/c1-4-12(17-5-2)9-14-18-15(19-20-14)13-7-6-11(16)8-10(13)3/h6-8,12,17H,4-5,9H2,1-3H3. The quantitative estimate of drug-likeness (QED) is 0.881. The van der Waals surface area contributed by atoms with E-state index in [0.29, 0.717) is 24.2 Å². The van der Waals surface area contributed by atoms with Gasteiger partial charge in [-0.1, -0.05) is 19.0 Å². The summed E-state index contributed by atoms with van der Waals surface area (Å²) in [4.78, 5) is 4.40. The van der Waals surface area contributed by atoms with E-state index < -0.39 is 0 Å². The van der Waals surface area contributed by atoms with Crippen LogP contribution in [0.3, 0.4) is 0 Å². The molecule has 20 heavy (non-hydrogen) atoms. The van der Waals surface area contributed by atoms with E-state index in [0.717, 1.165) is 24.1 Å². The Morgan fingerprint density at radius 2 is 2.15 bits per heavy atom. The third-order valence-corrected chi connectivity index (χ3v) is 3.30. The lowest BCUT2D eigenvalue weighted by molar-refractivity contribution is 0.355. The smallest absolute Gasteiger partial charge is 0.228 e. The van der Waals surface area contributed by atoms with Crippen LogP contribution in [-0.2, 0) is 6.42 Å². The van der Waals surface area contributed by atoms with Gasteiger partial charge in [0.15, 0.2) is 0 Å². The Hall–Kier alpha value is -1.75. The number of nitrogens with one attached hydrogen (secondary N) is 1. The van der Waals surface area contributed by atoms with Crippen molar-refractivity contribution in [1.29, 1.82) is 0 Å². The second-order valence-corrected chi connectivity index (χ2v) is 4.84. The molecule has 108 valence electrons. The van der Waals surface area contributed by atoms with E-state index in [1.165, 1.54) is 12.1 Å². The van der Waals surface area contributed by atoms with E-state index in [4.69, 9.17) is 4.52 Å². The minimum Gasteiger partial charge on any atom is -0.339 e. The highest BCUT2D eigenvalue weighted by Gasteiger charge is 2.14. The monoisotopic (exact) mass is 277 g/mol. The average Bonchev–Trinajstić information content (AvgIpc) is 2.86. The van der Waals surface area contributed by atoms with Crippen molar-refractivity contribution in [2.24, 2.45) is 0 Å². The fraction of sp³-hybridized carbons (Fsp3) is 0.467. The van der Waals surface area contributed by atoms with Gasteiger partial charge in [0.1, 0.15) is 5.82 Å². The highest BCUT2D eigenvalue weighted by molar-refractivity contribution is 5.59. The summed E-state index contributed by atoms with van der Waals surface area (Å²) < 4.78 is 18.4.